The molecule has 8 heteroatoms. The number of benzene rings is 2. The van der Waals surface area contributed by atoms with E-state index in [1.165, 1.54) is 24.3 Å². The molecular formula is C27H36FN3O4. The molecule has 3 atom stereocenters. The fraction of sp³-hybridized carbons (Fsp3) is 0.481. The Morgan fingerprint density at radius 3 is 2.66 bits per heavy atom. The molecular weight excluding hydrogens is 449 g/mol. The number of anilines is 1. The van der Waals surface area contributed by atoms with Crippen LogP contribution in [0.15, 0.2) is 42.5 Å². The van der Waals surface area contributed by atoms with Gasteiger partial charge in [-0.05, 0) is 62.2 Å². The summed E-state index contributed by atoms with van der Waals surface area (Å²) in [4.78, 5) is 30.1. The van der Waals surface area contributed by atoms with Crippen molar-refractivity contribution >= 4 is 17.5 Å². The van der Waals surface area contributed by atoms with Crippen molar-refractivity contribution in [3.63, 3.8) is 0 Å². The van der Waals surface area contributed by atoms with Gasteiger partial charge in [-0.15, -0.1) is 0 Å². The van der Waals surface area contributed by atoms with Crippen molar-refractivity contribution in [2.45, 2.75) is 39.3 Å². The van der Waals surface area contributed by atoms with Gasteiger partial charge in [0.25, 0.3) is 11.8 Å². The highest BCUT2D eigenvalue weighted by atomic mass is 19.1. The average molecular weight is 486 g/mol. The number of amides is 2. The molecule has 0 saturated heterocycles. The fourth-order valence-corrected chi connectivity index (χ4v) is 4.36. The Labute approximate surface area is 207 Å². The lowest BCUT2D eigenvalue weighted by atomic mass is 10.0. The van der Waals surface area contributed by atoms with E-state index in [0.717, 1.165) is 19.5 Å². The summed E-state index contributed by atoms with van der Waals surface area (Å²) >= 11 is 0. The van der Waals surface area contributed by atoms with E-state index < -0.39 is 11.7 Å². The van der Waals surface area contributed by atoms with Crippen molar-refractivity contribution in [2.24, 2.45) is 5.92 Å². The molecule has 190 valence electrons. The number of hydrogen-bond donors (Lipinski definition) is 1. The van der Waals surface area contributed by atoms with Crippen molar-refractivity contribution in [2.75, 3.05) is 45.7 Å². The van der Waals surface area contributed by atoms with Crippen LogP contribution in [0.5, 0.6) is 5.75 Å². The molecule has 0 saturated carbocycles. The molecule has 3 rings (SSSR count). The normalized spacial score (nSPS) is 21.9. The van der Waals surface area contributed by atoms with Crippen LogP contribution in [0, 0.1) is 11.7 Å². The summed E-state index contributed by atoms with van der Waals surface area (Å²) in [6, 6.07) is 10.6. The van der Waals surface area contributed by atoms with E-state index in [1.54, 1.807) is 37.3 Å². The van der Waals surface area contributed by atoms with Crippen molar-refractivity contribution in [1.82, 2.24) is 9.80 Å². The number of fused-ring (bicyclic) bond motifs is 1. The number of ether oxygens (including phenoxy) is 2. The van der Waals surface area contributed by atoms with Gasteiger partial charge in [-0.1, -0.05) is 19.9 Å². The van der Waals surface area contributed by atoms with E-state index in [1.807, 2.05) is 0 Å². The Morgan fingerprint density at radius 2 is 1.97 bits per heavy atom. The van der Waals surface area contributed by atoms with Gasteiger partial charge in [-0.3, -0.25) is 14.5 Å². The number of methoxy groups -OCH3 is 1. The van der Waals surface area contributed by atoms with E-state index in [-0.39, 0.29) is 29.5 Å². The van der Waals surface area contributed by atoms with Crippen LogP contribution in [0.4, 0.5) is 10.1 Å². The van der Waals surface area contributed by atoms with E-state index in [4.69, 9.17) is 9.47 Å². The number of nitrogens with zero attached hydrogens (tertiary/aromatic N) is 2. The number of hydrogen-bond acceptors (Lipinski definition) is 5. The SMILES string of the molecule is CCCN1C[C@@H](C)[C@H](OC)CN(C)C(=O)c2cc(NC(=O)c3cccc(F)c3)ccc2OC[C@H]1C. The van der Waals surface area contributed by atoms with Crippen LogP contribution < -0.4 is 10.1 Å². The highest BCUT2D eigenvalue weighted by Gasteiger charge is 2.28. The number of nitrogens with one attached hydrogen (secondary N) is 1. The van der Waals surface area contributed by atoms with Crippen LogP contribution in [0.25, 0.3) is 0 Å². The van der Waals surface area contributed by atoms with Gasteiger partial charge < -0.3 is 19.7 Å². The summed E-state index contributed by atoms with van der Waals surface area (Å²) in [5.74, 6) is -0.517. The first-order chi connectivity index (χ1) is 16.7. The lowest BCUT2D eigenvalue weighted by molar-refractivity contribution is 0.0108. The monoisotopic (exact) mass is 485 g/mol. The first-order valence-corrected chi connectivity index (χ1v) is 12.1. The highest BCUT2D eigenvalue weighted by molar-refractivity contribution is 6.05. The molecule has 1 heterocycles. The highest BCUT2D eigenvalue weighted by Crippen LogP contribution is 2.27. The van der Waals surface area contributed by atoms with Crippen molar-refractivity contribution in [3.05, 3.63) is 59.4 Å². The average Bonchev–Trinajstić information content (AvgIpc) is 2.84. The van der Waals surface area contributed by atoms with Gasteiger partial charge in [0.05, 0.1) is 11.7 Å². The molecule has 0 bridgehead atoms. The molecule has 7 nitrogen and oxygen atoms in total. The summed E-state index contributed by atoms with van der Waals surface area (Å²) in [6.45, 7) is 9.05. The Balaban J connectivity index is 1.92. The zero-order chi connectivity index (χ0) is 25.5. The maximum Gasteiger partial charge on any atom is 0.257 e. The number of likely N-dealkylation sites (N-methyl/N-ethyl adjacent to an activating group) is 1. The third-order valence-electron chi connectivity index (χ3n) is 6.43. The summed E-state index contributed by atoms with van der Waals surface area (Å²) in [7, 11) is 3.41. The molecule has 1 N–H and O–H groups in total. The smallest absolute Gasteiger partial charge is 0.257 e. The third kappa shape index (κ3) is 6.80. The van der Waals surface area contributed by atoms with E-state index in [9.17, 15) is 14.0 Å². The zero-order valence-corrected chi connectivity index (χ0v) is 21.2. The predicted octanol–water partition coefficient (Wildman–Crippen LogP) is 4.29. The van der Waals surface area contributed by atoms with Crippen molar-refractivity contribution in [1.29, 1.82) is 0 Å². The predicted molar refractivity (Wildman–Crippen MR) is 135 cm³/mol. The standard InChI is InChI=1S/C27H36FN3O4/c1-6-12-31-15-18(2)25(34-5)16-30(4)27(33)23-14-22(10-11-24(23)35-17-19(31)3)29-26(32)20-8-7-9-21(28)13-20/h7-11,13-14,18-19,25H,6,12,15-17H2,1-5H3,(H,29,32)/t18-,19-,25-/m1/s1. The Hall–Kier alpha value is -2.97. The lowest BCUT2D eigenvalue weighted by Gasteiger charge is -2.35. The minimum atomic E-state index is -0.492. The quantitative estimate of drug-likeness (QED) is 0.684. The first-order valence-electron chi connectivity index (χ1n) is 12.1. The number of rotatable bonds is 5. The maximum atomic E-state index is 13.5. The Kier molecular flexibility index (Phi) is 9.23. The molecule has 0 aliphatic carbocycles. The summed E-state index contributed by atoms with van der Waals surface area (Å²) in [6.07, 6.45) is 0.896. The lowest BCUT2D eigenvalue weighted by Crippen LogP contribution is -2.46. The summed E-state index contributed by atoms with van der Waals surface area (Å²) < 4.78 is 25.4. The molecule has 0 fully saturated rings. The number of halogens is 1. The van der Waals surface area contributed by atoms with Crippen LogP contribution in [-0.4, -0.2) is 74.2 Å². The van der Waals surface area contributed by atoms with Crippen LogP contribution in [0.3, 0.4) is 0 Å². The van der Waals surface area contributed by atoms with Crippen LogP contribution in [0.2, 0.25) is 0 Å². The Morgan fingerprint density at radius 1 is 1.20 bits per heavy atom. The molecule has 2 aromatic carbocycles. The summed E-state index contributed by atoms with van der Waals surface area (Å²) in [5.41, 5.74) is 0.967. The second-order valence-corrected chi connectivity index (χ2v) is 9.27. The second-order valence-electron chi connectivity index (χ2n) is 9.27. The number of carbonyl (C=O) groups excluding carboxylic acids is 2. The van der Waals surface area contributed by atoms with E-state index in [2.05, 4.69) is 31.0 Å². The van der Waals surface area contributed by atoms with Crippen molar-refractivity contribution < 1.29 is 23.5 Å². The molecule has 1 aliphatic heterocycles. The van der Waals surface area contributed by atoms with Gasteiger partial charge in [-0.25, -0.2) is 4.39 Å². The topological polar surface area (TPSA) is 71.1 Å². The van der Waals surface area contributed by atoms with Gasteiger partial charge in [0, 0.05) is 44.5 Å². The molecule has 2 aromatic rings. The van der Waals surface area contributed by atoms with E-state index >= 15 is 0 Å². The van der Waals surface area contributed by atoms with Gasteiger partial charge in [0.2, 0.25) is 0 Å². The van der Waals surface area contributed by atoms with Crippen molar-refractivity contribution in [3.8, 4) is 5.75 Å². The largest absolute Gasteiger partial charge is 0.491 e. The maximum absolute atomic E-state index is 13.5. The minimum Gasteiger partial charge on any atom is -0.491 e. The third-order valence-corrected chi connectivity index (χ3v) is 6.43. The molecule has 0 unspecified atom stereocenters. The van der Waals surface area contributed by atoms with Crippen LogP contribution >= 0.6 is 0 Å². The fourth-order valence-electron chi connectivity index (χ4n) is 4.36. The van der Waals surface area contributed by atoms with Gasteiger partial charge in [-0.2, -0.15) is 0 Å². The second kappa shape index (κ2) is 12.1. The van der Waals surface area contributed by atoms with Crippen LogP contribution in [0.1, 0.15) is 47.9 Å². The van der Waals surface area contributed by atoms with E-state index in [0.29, 0.717) is 30.2 Å². The van der Waals surface area contributed by atoms with Crippen LogP contribution in [-0.2, 0) is 4.74 Å². The molecule has 0 spiro atoms. The minimum absolute atomic E-state index is 0.129. The Bertz CT molecular complexity index is 1030. The number of carbonyl (C=O) groups is 2. The molecule has 1 aliphatic rings. The first kappa shape index (κ1) is 26.6. The summed E-state index contributed by atoms with van der Waals surface area (Å²) in [5, 5.41) is 2.75. The molecule has 2 amide bonds. The molecule has 35 heavy (non-hydrogen) atoms. The van der Waals surface area contributed by atoms with Gasteiger partial charge >= 0.3 is 0 Å². The van der Waals surface area contributed by atoms with Gasteiger partial charge in [0.15, 0.2) is 0 Å². The molecule has 0 aromatic heterocycles. The zero-order valence-electron chi connectivity index (χ0n) is 21.2. The molecule has 0 radical (unpaired) electrons. The van der Waals surface area contributed by atoms with Gasteiger partial charge in [0.1, 0.15) is 18.2 Å².